The molecule has 1 saturated heterocycles. The molecule has 1 N–H and O–H groups in total. The molecule has 1 fully saturated rings. The van der Waals surface area contributed by atoms with Gasteiger partial charge in [-0.1, -0.05) is 29.5 Å². The number of nitrogens with zero attached hydrogens (tertiary/aromatic N) is 4. The fraction of sp³-hybridized carbons (Fsp3) is 0.500. The Morgan fingerprint density at radius 2 is 2.00 bits per heavy atom. The molecule has 0 bridgehead atoms. The van der Waals surface area contributed by atoms with Crippen molar-refractivity contribution in [3.8, 4) is 0 Å². The molecule has 1 amide bonds. The molecule has 0 radical (unpaired) electrons. The van der Waals surface area contributed by atoms with Gasteiger partial charge in [-0.25, -0.2) is 4.68 Å². The van der Waals surface area contributed by atoms with Crippen molar-refractivity contribution in [1.29, 1.82) is 0 Å². The number of amides is 1. The Hall–Kier alpha value is -1.92. The average molecular weight is 362 g/mol. The third-order valence-electron chi connectivity index (χ3n) is 5.27. The van der Waals surface area contributed by atoms with Crippen LogP contribution >= 0.6 is 12.4 Å². The molecule has 2 aromatic rings. The topological polar surface area (TPSA) is 63.1 Å². The van der Waals surface area contributed by atoms with Gasteiger partial charge in [0.25, 0.3) is 5.91 Å². The molecule has 3 heterocycles. The number of carbonyl (C=O) groups excluding carboxylic acids is 1. The summed E-state index contributed by atoms with van der Waals surface area (Å²) in [7, 11) is 0. The van der Waals surface area contributed by atoms with Crippen LogP contribution in [-0.4, -0.2) is 45.4 Å². The van der Waals surface area contributed by atoms with Gasteiger partial charge in [0, 0.05) is 6.54 Å². The van der Waals surface area contributed by atoms with E-state index in [2.05, 4.69) is 40.8 Å². The fourth-order valence-electron chi connectivity index (χ4n) is 3.82. The number of rotatable bonds is 2. The van der Waals surface area contributed by atoms with Crippen LogP contribution in [0, 0.1) is 0 Å². The van der Waals surface area contributed by atoms with E-state index in [1.165, 1.54) is 11.1 Å². The molecule has 134 valence electrons. The maximum absolute atomic E-state index is 12.9. The van der Waals surface area contributed by atoms with Crippen molar-refractivity contribution in [1.82, 2.24) is 25.2 Å². The molecule has 1 atom stereocenters. The highest BCUT2D eigenvalue weighted by Gasteiger charge is 2.30. The minimum Gasteiger partial charge on any atom is -0.330 e. The van der Waals surface area contributed by atoms with Crippen LogP contribution in [0.15, 0.2) is 30.5 Å². The Bertz CT molecular complexity index is 741. The van der Waals surface area contributed by atoms with E-state index < -0.39 is 0 Å². The van der Waals surface area contributed by atoms with Crippen molar-refractivity contribution in [3.05, 3.63) is 47.3 Å². The molecule has 2 aliphatic heterocycles. The van der Waals surface area contributed by atoms with Gasteiger partial charge in [0.2, 0.25) is 0 Å². The van der Waals surface area contributed by atoms with Gasteiger partial charge in [-0.2, -0.15) is 0 Å². The minimum atomic E-state index is -0.0165. The van der Waals surface area contributed by atoms with Gasteiger partial charge >= 0.3 is 0 Å². The van der Waals surface area contributed by atoms with Crippen molar-refractivity contribution < 1.29 is 4.79 Å². The Kier molecular flexibility index (Phi) is 5.39. The zero-order chi connectivity index (χ0) is 16.5. The second-order valence-electron chi connectivity index (χ2n) is 6.69. The first-order valence-electron chi connectivity index (χ1n) is 8.75. The van der Waals surface area contributed by atoms with Crippen molar-refractivity contribution in [2.75, 3.05) is 19.6 Å². The first-order valence-corrected chi connectivity index (χ1v) is 8.75. The molecular weight excluding hydrogens is 338 g/mol. The van der Waals surface area contributed by atoms with E-state index >= 15 is 0 Å². The largest absolute Gasteiger partial charge is 0.330 e. The van der Waals surface area contributed by atoms with Crippen LogP contribution in [0.25, 0.3) is 0 Å². The summed E-state index contributed by atoms with van der Waals surface area (Å²) in [5.41, 5.74) is 3.04. The van der Waals surface area contributed by atoms with Crippen LogP contribution in [0.1, 0.15) is 53.5 Å². The molecule has 4 rings (SSSR count). The van der Waals surface area contributed by atoms with E-state index in [4.69, 9.17) is 0 Å². The van der Waals surface area contributed by atoms with Gasteiger partial charge in [0.15, 0.2) is 5.69 Å². The Morgan fingerprint density at radius 1 is 1.24 bits per heavy atom. The number of carbonyl (C=O) groups is 1. The maximum Gasteiger partial charge on any atom is 0.276 e. The lowest BCUT2D eigenvalue weighted by molar-refractivity contribution is 0.0671. The van der Waals surface area contributed by atoms with Crippen LogP contribution in [0.4, 0.5) is 0 Å². The second kappa shape index (κ2) is 7.54. The molecule has 0 aliphatic carbocycles. The van der Waals surface area contributed by atoms with Gasteiger partial charge in [0.05, 0.1) is 18.3 Å². The van der Waals surface area contributed by atoms with E-state index in [1.807, 2.05) is 21.8 Å². The highest BCUT2D eigenvalue weighted by Crippen LogP contribution is 2.30. The lowest BCUT2D eigenvalue weighted by atomic mass is 9.93. The number of hydrogen-bond donors (Lipinski definition) is 1. The van der Waals surface area contributed by atoms with Crippen molar-refractivity contribution >= 4 is 18.3 Å². The molecule has 25 heavy (non-hydrogen) atoms. The summed E-state index contributed by atoms with van der Waals surface area (Å²) in [6, 6.07) is 8.79. The predicted octanol–water partition coefficient (Wildman–Crippen LogP) is 2.38. The number of aromatic nitrogens is 3. The number of benzene rings is 1. The summed E-state index contributed by atoms with van der Waals surface area (Å²) in [5, 5.41) is 11.7. The van der Waals surface area contributed by atoms with Gasteiger partial charge in [-0.15, -0.1) is 17.5 Å². The maximum atomic E-state index is 12.9. The lowest BCUT2D eigenvalue weighted by Crippen LogP contribution is -2.39. The van der Waals surface area contributed by atoms with Crippen LogP contribution in [-0.2, 0) is 6.42 Å². The zero-order valence-corrected chi connectivity index (χ0v) is 15.2. The third-order valence-corrected chi connectivity index (χ3v) is 5.27. The first kappa shape index (κ1) is 17.9. The standard InChI is InChI=1S/C18H23N5O.ClH/c1-13-16-5-3-2-4-14(16)8-11-22(13)18(24)17-12-23(21-20-17)15-6-9-19-10-7-15;/h2-5,12-13,15,19H,6-11H2,1H3;1H. The normalized spacial score (nSPS) is 20.7. The van der Waals surface area contributed by atoms with E-state index in [9.17, 15) is 4.79 Å². The fourth-order valence-corrected chi connectivity index (χ4v) is 3.82. The Balaban J connectivity index is 0.00000182. The second-order valence-corrected chi connectivity index (χ2v) is 6.69. The number of nitrogens with one attached hydrogen (secondary N) is 1. The van der Waals surface area contributed by atoms with Gasteiger partial charge in [-0.05, 0) is 50.4 Å². The lowest BCUT2D eigenvalue weighted by Gasteiger charge is -2.34. The van der Waals surface area contributed by atoms with Crippen LogP contribution in [0.2, 0.25) is 0 Å². The molecule has 0 spiro atoms. The Labute approximate surface area is 154 Å². The highest BCUT2D eigenvalue weighted by atomic mass is 35.5. The van der Waals surface area contributed by atoms with Crippen molar-refractivity contribution in [2.45, 2.75) is 38.3 Å². The van der Waals surface area contributed by atoms with E-state index in [1.54, 1.807) is 0 Å². The summed E-state index contributed by atoms with van der Waals surface area (Å²) in [6.45, 7) is 4.81. The summed E-state index contributed by atoms with van der Waals surface area (Å²) in [4.78, 5) is 14.8. The molecule has 1 unspecified atom stereocenters. The summed E-state index contributed by atoms with van der Waals surface area (Å²) in [5.74, 6) is -0.0165. The van der Waals surface area contributed by atoms with E-state index in [0.29, 0.717) is 11.7 Å². The molecule has 1 aromatic carbocycles. The summed E-state index contributed by atoms with van der Waals surface area (Å²) < 4.78 is 1.87. The molecule has 1 aromatic heterocycles. The van der Waals surface area contributed by atoms with Gasteiger partial charge in [-0.3, -0.25) is 4.79 Å². The monoisotopic (exact) mass is 361 g/mol. The zero-order valence-electron chi connectivity index (χ0n) is 14.4. The molecular formula is C18H24ClN5O. The molecule has 2 aliphatic rings. The number of fused-ring (bicyclic) bond motifs is 1. The van der Waals surface area contributed by atoms with Crippen LogP contribution < -0.4 is 5.32 Å². The van der Waals surface area contributed by atoms with Gasteiger partial charge < -0.3 is 10.2 Å². The third kappa shape index (κ3) is 3.41. The van der Waals surface area contributed by atoms with Crippen molar-refractivity contribution in [2.24, 2.45) is 0 Å². The number of halogens is 1. The molecule has 7 heteroatoms. The molecule has 6 nitrogen and oxygen atoms in total. The van der Waals surface area contributed by atoms with Crippen LogP contribution in [0.5, 0.6) is 0 Å². The number of hydrogen-bond acceptors (Lipinski definition) is 4. The number of piperidine rings is 1. The Morgan fingerprint density at radius 3 is 2.80 bits per heavy atom. The van der Waals surface area contributed by atoms with Crippen LogP contribution in [0.3, 0.4) is 0 Å². The predicted molar refractivity (Wildman–Crippen MR) is 98.0 cm³/mol. The van der Waals surface area contributed by atoms with Crippen molar-refractivity contribution in [3.63, 3.8) is 0 Å². The van der Waals surface area contributed by atoms with E-state index in [0.717, 1.165) is 38.9 Å². The average Bonchev–Trinajstić information content (AvgIpc) is 3.13. The van der Waals surface area contributed by atoms with E-state index in [-0.39, 0.29) is 24.4 Å². The summed E-state index contributed by atoms with van der Waals surface area (Å²) in [6.07, 6.45) is 4.79. The minimum absolute atomic E-state index is 0. The SMILES string of the molecule is CC1c2ccccc2CCN1C(=O)c1cn(C2CCNCC2)nn1.Cl. The smallest absolute Gasteiger partial charge is 0.276 e. The highest BCUT2D eigenvalue weighted by molar-refractivity contribution is 5.92. The summed E-state index contributed by atoms with van der Waals surface area (Å²) >= 11 is 0. The van der Waals surface area contributed by atoms with Gasteiger partial charge in [0.1, 0.15) is 0 Å². The quantitative estimate of drug-likeness (QED) is 0.892. The first-order chi connectivity index (χ1) is 11.7. The molecule has 0 saturated carbocycles.